The van der Waals surface area contributed by atoms with Crippen LogP contribution in [0, 0.1) is 11.3 Å². The van der Waals surface area contributed by atoms with Crippen molar-refractivity contribution in [3.05, 3.63) is 59.0 Å². The van der Waals surface area contributed by atoms with E-state index in [4.69, 9.17) is 5.26 Å². The van der Waals surface area contributed by atoms with Crippen LogP contribution in [0.25, 0.3) is 22.2 Å². The van der Waals surface area contributed by atoms with Gasteiger partial charge >= 0.3 is 5.69 Å². The van der Waals surface area contributed by atoms with Crippen LogP contribution in [-0.2, 0) is 6.54 Å². The van der Waals surface area contributed by atoms with Crippen LogP contribution in [-0.4, -0.2) is 9.55 Å². The summed E-state index contributed by atoms with van der Waals surface area (Å²) in [5.74, 6) is 0. The maximum absolute atomic E-state index is 12.2. The van der Waals surface area contributed by atoms with Gasteiger partial charge in [0.25, 0.3) is 0 Å². The molecular formula is C19H19N3O. The average Bonchev–Trinajstić information content (AvgIpc) is 2.90. The smallest absolute Gasteiger partial charge is 0.306 e. The first-order chi connectivity index (χ1) is 11.3. The molecule has 0 atom stereocenters. The van der Waals surface area contributed by atoms with Crippen molar-refractivity contribution in [2.24, 2.45) is 0 Å². The van der Waals surface area contributed by atoms with Crippen molar-refractivity contribution in [1.82, 2.24) is 9.55 Å². The summed E-state index contributed by atoms with van der Waals surface area (Å²) in [6.45, 7) is 0.689. The molecule has 0 amide bonds. The van der Waals surface area contributed by atoms with Crippen molar-refractivity contribution in [3.8, 4) is 17.2 Å². The van der Waals surface area contributed by atoms with Crippen LogP contribution in [0.4, 0.5) is 0 Å². The number of aryl methyl sites for hydroxylation is 1. The Labute approximate surface area is 135 Å². The van der Waals surface area contributed by atoms with Crippen LogP contribution in [0.5, 0.6) is 0 Å². The molecule has 0 radical (unpaired) electrons. The van der Waals surface area contributed by atoms with Gasteiger partial charge in [0.15, 0.2) is 0 Å². The van der Waals surface area contributed by atoms with Gasteiger partial charge in [-0.15, -0.1) is 0 Å². The van der Waals surface area contributed by atoms with Crippen molar-refractivity contribution < 1.29 is 0 Å². The highest BCUT2D eigenvalue weighted by Gasteiger charge is 2.07. The van der Waals surface area contributed by atoms with E-state index in [0.717, 1.165) is 41.4 Å². The molecule has 0 aliphatic carbocycles. The third-order valence-corrected chi connectivity index (χ3v) is 4.05. The first-order valence-electron chi connectivity index (χ1n) is 7.94. The molecule has 4 nitrogen and oxygen atoms in total. The maximum Gasteiger partial charge on any atom is 0.326 e. The summed E-state index contributed by atoms with van der Waals surface area (Å²) >= 11 is 0. The topological polar surface area (TPSA) is 61.6 Å². The van der Waals surface area contributed by atoms with E-state index in [9.17, 15) is 4.79 Å². The van der Waals surface area contributed by atoms with Crippen LogP contribution < -0.4 is 5.69 Å². The number of H-pyrrole nitrogens is 1. The van der Waals surface area contributed by atoms with Gasteiger partial charge in [0, 0.05) is 13.0 Å². The third kappa shape index (κ3) is 3.35. The van der Waals surface area contributed by atoms with Gasteiger partial charge in [0.1, 0.15) is 0 Å². The summed E-state index contributed by atoms with van der Waals surface area (Å²) in [6.07, 6.45) is 3.36. The number of nitriles is 1. The molecule has 0 spiro atoms. The van der Waals surface area contributed by atoms with Crippen molar-refractivity contribution in [3.63, 3.8) is 0 Å². The molecule has 0 aliphatic heterocycles. The van der Waals surface area contributed by atoms with E-state index in [1.54, 1.807) is 4.57 Å². The zero-order valence-electron chi connectivity index (χ0n) is 13.0. The van der Waals surface area contributed by atoms with Gasteiger partial charge in [-0.3, -0.25) is 4.57 Å². The van der Waals surface area contributed by atoms with Crippen LogP contribution in [0.3, 0.4) is 0 Å². The predicted molar refractivity (Wildman–Crippen MR) is 92.1 cm³/mol. The standard InChI is InChI=1S/C19H19N3O/c20-12-6-1-2-7-13-22-18-11-10-16(14-17(18)21-19(22)23)15-8-4-3-5-9-15/h3-5,8-11,14H,1-2,6-7,13H2,(H,21,23). The van der Waals surface area contributed by atoms with Gasteiger partial charge in [0.2, 0.25) is 0 Å². The van der Waals surface area contributed by atoms with Gasteiger partial charge < -0.3 is 4.98 Å². The summed E-state index contributed by atoms with van der Waals surface area (Å²) < 4.78 is 1.79. The lowest BCUT2D eigenvalue weighted by Gasteiger charge is -2.04. The highest BCUT2D eigenvalue weighted by Crippen LogP contribution is 2.23. The second-order valence-electron chi connectivity index (χ2n) is 5.65. The SMILES string of the molecule is N#CCCCCCn1c(=O)[nH]c2cc(-c3ccccc3)ccc21. The molecular weight excluding hydrogens is 286 g/mol. The number of fused-ring (bicyclic) bond motifs is 1. The Morgan fingerprint density at radius 2 is 1.83 bits per heavy atom. The van der Waals surface area contributed by atoms with Crippen molar-refractivity contribution in [2.45, 2.75) is 32.2 Å². The molecule has 0 saturated heterocycles. The summed E-state index contributed by atoms with van der Waals surface area (Å²) in [5, 5.41) is 8.54. The molecule has 0 fully saturated rings. The molecule has 0 saturated carbocycles. The van der Waals surface area contributed by atoms with E-state index in [1.807, 2.05) is 30.3 Å². The molecule has 3 aromatic rings. The molecule has 0 aliphatic rings. The lowest BCUT2D eigenvalue weighted by molar-refractivity contribution is 0.590. The summed E-state index contributed by atoms with van der Waals surface area (Å²) in [7, 11) is 0. The second kappa shape index (κ2) is 6.97. The number of benzene rings is 2. The summed E-state index contributed by atoms with van der Waals surface area (Å²) in [5.41, 5.74) is 3.98. The lowest BCUT2D eigenvalue weighted by atomic mass is 10.1. The van der Waals surface area contributed by atoms with Crippen molar-refractivity contribution in [1.29, 1.82) is 5.26 Å². The minimum atomic E-state index is -0.0644. The van der Waals surface area contributed by atoms with E-state index in [1.165, 1.54) is 0 Å². The normalized spacial score (nSPS) is 10.7. The van der Waals surface area contributed by atoms with E-state index in [2.05, 4.69) is 29.3 Å². The van der Waals surface area contributed by atoms with Crippen LogP contribution >= 0.6 is 0 Å². The first-order valence-corrected chi connectivity index (χ1v) is 7.94. The number of hydrogen-bond acceptors (Lipinski definition) is 2. The van der Waals surface area contributed by atoms with Crippen molar-refractivity contribution in [2.75, 3.05) is 0 Å². The summed E-state index contributed by atoms with van der Waals surface area (Å²) in [4.78, 5) is 15.1. The van der Waals surface area contributed by atoms with E-state index >= 15 is 0 Å². The van der Waals surface area contributed by atoms with E-state index in [-0.39, 0.29) is 5.69 Å². The highest BCUT2D eigenvalue weighted by molar-refractivity contribution is 5.82. The van der Waals surface area contributed by atoms with Gasteiger partial charge in [-0.1, -0.05) is 42.8 Å². The average molecular weight is 305 g/mol. The van der Waals surface area contributed by atoms with Crippen LogP contribution in [0.1, 0.15) is 25.7 Å². The number of aromatic nitrogens is 2. The Bertz CT molecular complexity index is 884. The molecule has 3 rings (SSSR count). The molecule has 0 bridgehead atoms. The van der Waals surface area contributed by atoms with E-state index in [0.29, 0.717) is 13.0 Å². The number of nitrogens with zero attached hydrogens (tertiary/aromatic N) is 2. The quantitative estimate of drug-likeness (QED) is 0.697. The third-order valence-electron chi connectivity index (χ3n) is 4.05. The predicted octanol–water partition coefficient (Wildman–Crippen LogP) is 4.08. The maximum atomic E-state index is 12.2. The molecule has 0 unspecified atom stereocenters. The largest absolute Gasteiger partial charge is 0.326 e. The number of aromatic amines is 1. The highest BCUT2D eigenvalue weighted by atomic mass is 16.1. The zero-order valence-corrected chi connectivity index (χ0v) is 13.0. The molecule has 1 N–H and O–H groups in total. The number of unbranched alkanes of at least 4 members (excludes halogenated alkanes) is 3. The number of hydrogen-bond donors (Lipinski definition) is 1. The fraction of sp³-hybridized carbons (Fsp3) is 0.263. The Balaban J connectivity index is 1.83. The number of nitrogens with one attached hydrogen (secondary N) is 1. The summed E-state index contributed by atoms with van der Waals surface area (Å²) in [6, 6.07) is 18.4. The second-order valence-corrected chi connectivity index (χ2v) is 5.65. The fourth-order valence-corrected chi connectivity index (χ4v) is 2.85. The van der Waals surface area contributed by atoms with Crippen LogP contribution in [0.2, 0.25) is 0 Å². The molecule has 1 aromatic heterocycles. The molecule has 23 heavy (non-hydrogen) atoms. The van der Waals surface area contributed by atoms with Crippen molar-refractivity contribution >= 4 is 11.0 Å². The minimum absolute atomic E-state index is 0.0644. The Kier molecular flexibility index (Phi) is 4.58. The van der Waals surface area contributed by atoms with Gasteiger partial charge in [-0.2, -0.15) is 5.26 Å². The Morgan fingerprint density at radius 3 is 2.61 bits per heavy atom. The minimum Gasteiger partial charge on any atom is -0.306 e. The Morgan fingerprint density at radius 1 is 1.00 bits per heavy atom. The molecule has 4 heteroatoms. The zero-order chi connectivity index (χ0) is 16.1. The first kappa shape index (κ1) is 15.1. The Hall–Kier alpha value is -2.80. The number of imidazole rings is 1. The van der Waals surface area contributed by atoms with Crippen LogP contribution in [0.15, 0.2) is 53.3 Å². The fourth-order valence-electron chi connectivity index (χ4n) is 2.85. The van der Waals surface area contributed by atoms with E-state index < -0.39 is 0 Å². The molecule has 2 aromatic carbocycles. The molecule has 116 valence electrons. The van der Waals surface area contributed by atoms with Gasteiger partial charge in [0.05, 0.1) is 17.1 Å². The number of rotatable bonds is 6. The lowest BCUT2D eigenvalue weighted by Crippen LogP contribution is -2.16. The van der Waals surface area contributed by atoms with Gasteiger partial charge in [-0.05, 0) is 36.1 Å². The molecule has 1 heterocycles. The monoisotopic (exact) mass is 305 g/mol. The van der Waals surface area contributed by atoms with Gasteiger partial charge in [-0.25, -0.2) is 4.79 Å².